The van der Waals surface area contributed by atoms with E-state index in [9.17, 15) is 4.79 Å². The highest BCUT2D eigenvalue weighted by Gasteiger charge is 2.64. The van der Waals surface area contributed by atoms with E-state index >= 15 is 0 Å². The molecule has 1 saturated heterocycles. The van der Waals surface area contributed by atoms with E-state index in [1.165, 1.54) is 0 Å². The van der Waals surface area contributed by atoms with Gasteiger partial charge in [-0.3, -0.25) is 0 Å². The van der Waals surface area contributed by atoms with E-state index in [1.807, 2.05) is 36.4 Å². The van der Waals surface area contributed by atoms with Crippen LogP contribution in [0.5, 0.6) is 5.75 Å². The number of ether oxygens (including phenoxy) is 3. The number of benzene rings is 2. The van der Waals surface area contributed by atoms with Crippen LogP contribution in [0.25, 0.3) is 0 Å². The highest BCUT2D eigenvalue weighted by molar-refractivity contribution is 5.89. The van der Waals surface area contributed by atoms with Gasteiger partial charge in [0.25, 0.3) is 0 Å². The number of rotatable bonds is 3. The van der Waals surface area contributed by atoms with E-state index < -0.39 is 0 Å². The van der Waals surface area contributed by atoms with Crippen molar-refractivity contribution in [3.63, 3.8) is 0 Å². The van der Waals surface area contributed by atoms with Crippen LogP contribution in [-0.2, 0) is 9.47 Å². The molecule has 2 bridgehead atoms. The molecule has 0 aromatic heterocycles. The lowest BCUT2D eigenvalue weighted by Crippen LogP contribution is -2.66. The third-order valence-electron chi connectivity index (χ3n) is 7.75. The second-order valence-corrected chi connectivity index (χ2v) is 9.28. The number of esters is 1. The Kier molecular flexibility index (Phi) is 4.25. The summed E-state index contributed by atoms with van der Waals surface area (Å²) in [6, 6.07) is 17.4. The summed E-state index contributed by atoms with van der Waals surface area (Å²) in [6.45, 7) is 7.75. The van der Waals surface area contributed by atoms with Gasteiger partial charge in [0.2, 0.25) is 0 Å². The largest absolute Gasteiger partial charge is 0.487 e. The number of carbonyl (C=O) groups is 1. The van der Waals surface area contributed by atoms with Crippen molar-refractivity contribution in [2.45, 2.75) is 38.9 Å². The molecule has 2 heterocycles. The molecule has 0 N–H and O–H groups in total. The maximum absolute atomic E-state index is 12.6. The van der Waals surface area contributed by atoms with Gasteiger partial charge in [-0.2, -0.15) is 0 Å². The number of hydrogen-bond donors (Lipinski definition) is 0. The molecule has 0 unspecified atom stereocenters. The van der Waals surface area contributed by atoms with Crippen molar-refractivity contribution in [2.24, 2.45) is 23.2 Å². The molecule has 4 heteroatoms. The lowest BCUT2D eigenvalue weighted by atomic mass is 9.50. The Morgan fingerprint density at radius 3 is 2.62 bits per heavy atom. The number of para-hydroxylation sites is 1. The van der Waals surface area contributed by atoms with Gasteiger partial charge in [0.15, 0.2) is 0 Å². The molecule has 6 atom stereocenters. The quantitative estimate of drug-likeness (QED) is 0.686. The average Bonchev–Trinajstić information content (AvgIpc) is 2.72. The van der Waals surface area contributed by atoms with Crippen molar-refractivity contribution >= 4 is 5.97 Å². The minimum absolute atomic E-state index is 0.0328. The fourth-order valence-corrected chi connectivity index (χ4v) is 6.11. The number of hydrogen-bond acceptors (Lipinski definition) is 4. The molecule has 29 heavy (non-hydrogen) atoms. The maximum atomic E-state index is 12.6. The first-order valence-corrected chi connectivity index (χ1v) is 10.6. The molecule has 1 saturated carbocycles. The first-order valence-electron chi connectivity index (χ1n) is 10.6. The molecule has 2 aliphatic heterocycles. The van der Waals surface area contributed by atoms with Gasteiger partial charge in [-0.25, -0.2) is 4.79 Å². The second kappa shape index (κ2) is 6.60. The Hall–Kier alpha value is -2.33. The van der Waals surface area contributed by atoms with Crippen molar-refractivity contribution in [1.29, 1.82) is 0 Å². The van der Waals surface area contributed by atoms with Crippen molar-refractivity contribution < 1.29 is 19.0 Å². The summed E-state index contributed by atoms with van der Waals surface area (Å²) in [5.74, 6) is 1.54. The van der Waals surface area contributed by atoms with Gasteiger partial charge < -0.3 is 14.2 Å². The van der Waals surface area contributed by atoms with Crippen molar-refractivity contribution in [1.82, 2.24) is 0 Å². The van der Waals surface area contributed by atoms with Gasteiger partial charge in [-0.1, -0.05) is 50.2 Å². The summed E-state index contributed by atoms with van der Waals surface area (Å²) in [6.07, 6.45) is 0.962. The molecule has 4 nitrogen and oxygen atoms in total. The molecule has 0 amide bonds. The average molecular weight is 392 g/mol. The zero-order chi connectivity index (χ0) is 20.2. The van der Waals surface area contributed by atoms with E-state index in [2.05, 4.69) is 26.8 Å². The molecule has 3 aliphatic rings. The fraction of sp³-hybridized carbons (Fsp3) is 0.480. The van der Waals surface area contributed by atoms with Crippen LogP contribution in [0, 0.1) is 23.2 Å². The monoisotopic (exact) mass is 392 g/mol. The molecule has 0 spiro atoms. The topological polar surface area (TPSA) is 44.8 Å². The third-order valence-corrected chi connectivity index (χ3v) is 7.75. The zero-order valence-corrected chi connectivity index (χ0v) is 17.3. The number of carbonyl (C=O) groups excluding carboxylic acids is 1. The molecule has 5 rings (SSSR count). The summed E-state index contributed by atoms with van der Waals surface area (Å²) in [4.78, 5) is 12.6. The number of fused-ring (bicyclic) bond motifs is 3. The van der Waals surface area contributed by atoms with Gasteiger partial charge in [0, 0.05) is 16.9 Å². The van der Waals surface area contributed by atoms with Gasteiger partial charge in [-0.05, 0) is 43.4 Å². The smallest absolute Gasteiger partial charge is 0.338 e. The van der Waals surface area contributed by atoms with Crippen LogP contribution < -0.4 is 4.74 Å². The second-order valence-electron chi connectivity index (χ2n) is 9.28. The molecule has 2 fully saturated rings. The lowest BCUT2D eigenvalue weighted by Gasteiger charge is -2.63. The minimum Gasteiger partial charge on any atom is -0.487 e. The zero-order valence-electron chi connectivity index (χ0n) is 17.3. The summed E-state index contributed by atoms with van der Waals surface area (Å²) >= 11 is 0. The predicted molar refractivity (Wildman–Crippen MR) is 110 cm³/mol. The van der Waals surface area contributed by atoms with Crippen LogP contribution in [0.4, 0.5) is 0 Å². The van der Waals surface area contributed by atoms with E-state index in [0.29, 0.717) is 30.6 Å². The van der Waals surface area contributed by atoms with Crippen LogP contribution >= 0.6 is 0 Å². The first-order chi connectivity index (χ1) is 13.9. The van der Waals surface area contributed by atoms with Gasteiger partial charge in [0.1, 0.15) is 11.4 Å². The van der Waals surface area contributed by atoms with E-state index in [0.717, 1.165) is 17.7 Å². The highest BCUT2D eigenvalue weighted by atomic mass is 16.5. The van der Waals surface area contributed by atoms with Crippen LogP contribution in [0.15, 0.2) is 54.6 Å². The standard InChI is InChI=1S/C25H28O4/c1-16-13-24(3)21-17(2)25(16,15-28-23(26)18-9-5-4-6-10-18)14-27-22(21)19-11-7-8-12-20(19)29-24/h4-12,16-17,21-22H,13-15H2,1-3H3/t16-,17-,21-,22-,24+,25+/m1/s1. The summed E-state index contributed by atoms with van der Waals surface area (Å²) in [7, 11) is 0. The van der Waals surface area contributed by atoms with Crippen molar-refractivity contribution in [2.75, 3.05) is 13.2 Å². The fourth-order valence-electron chi connectivity index (χ4n) is 6.11. The summed E-state index contributed by atoms with van der Waals surface area (Å²) < 4.78 is 18.9. The molecule has 2 aromatic rings. The Bertz CT molecular complexity index is 925. The molecule has 152 valence electrons. The van der Waals surface area contributed by atoms with E-state index in [1.54, 1.807) is 12.1 Å². The van der Waals surface area contributed by atoms with Crippen molar-refractivity contribution in [3.8, 4) is 5.75 Å². The van der Waals surface area contributed by atoms with Crippen LogP contribution in [-0.4, -0.2) is 24.8 Å². The Morgan fingerprint density at radius 1 is 1.10 bits per heavy atom. The molecule has 1 aliphatic carbocycles. The summed E-state index contributed by atoms with van der Waals surface area (Å²) in [5, 5.41) is 0. The third kappa shape index (κ3) is 2.72. The molecular weight excluding hydrogens is 364 g/mol. The Balaban J connectivity index is 1.44. The van der Waals surface area contributed by atoms with E-state index in [4.69, 9.17) is 14.2 Å². The van der Waals surface area contributed by atoms with E-state index in [-0.39, 0.29) is 29.0 Å². The van der Waals surface area contributed by atoms with Gasteiger partial charge in [-0.15, -0.1) is 0 Å². The predicted octanol–water partition coefficient (Wildman–Crippen LogP) is 5.04. The van der Waals surface area contributed by atoms with Gasteiger partial charge >= 0.3 is 5.97 Å². The van der Waals surface area contributed by atoms with Crippen LogP contribution in [0.2, 0.25) is 0 Å². The summed E-state index contributed by atoms with van der Waals surface area (Å²) in [5.41, 5.74) is 1.27. The minimum atomic E-state index is -0.273. The SMILES string of the molecule is C[C@@H]1C[C@]2(C)Oc3ccccc3[C@H]3OC[C@@]1(COC(=O)c1ccccc1)[C@H](C)[C@H]32. The van der Waals surface area contributed by atoms with Crippen LogP contribution in [0.1, 0.15) is 49.2 Å². The van der Waals surface area contributed by atoms with Crippen LogP contribution in [0.3, 0.4) is 0 Å². The maximum Gasteiger partial charge on any atom is 0.338 e. The van der Waals surface area contributed by atoms with Crippen molar-refractivity contribution in [3.05, 3.63) is 65.7 Å². The normalized spacial score (nSPS) is 37.2. The molecular formula is C25H28O4. The molecule has 0 radical (unpaired) electrons. The first kappa shape index (κ1) is 18.7. The van der Waals surface area contributed by atoms with Gasteiger partial charge in [0.05, 0.1) is 24.9 Å². The lowest BCUT2D eigenvalue weighted by molar-refractivity contribution is -0.259. The highest BCUT2D eigenvalue weighted by Crippen LogP contribution is 2.63. The Morgan fingerprint density at radius 2 is 1.83 bits per heavy atom. The molecule has 2 aromatic carbocycles. The Labute approximate surface area is 172 Å².